The molecule has 0 saturated carbocycles. The molecule has 3 heterocycles. The van der Waals surface area contributed by atoms with Gasteiger partial charge in [0.2, 0.25) is 10.0 Å². The topological polar surface area (TPSA) is 72.6 Å². The molecule has 6 nitrogen and oxygen atoms in total. The maximum atomic E-state index is 13.6. The lowest BCUT2D eigenvalue weighted by molar-refractivity contribution is -0.136. The van der Waals surface area contributed by atoms with Crippen molar-refractivity contribution in [3.05, 3.63) is 47.9 Å². The molecule has 1 aliphatic rings. The molecule has 0 atom stereocenters. The maximum Gasteiger partial charge on any atom is 0.420 e. The predicted octanol–water partition coefficient (Wildman–Crippen LogP) is 4.10. The second kappa shape index (κ2) is 7.68. The van der Waals surface area contributed by atoms with Gasteiger partial charge < -0.3 is 9.15 Å². The highest BCUT2D eigenvalue weighted by atomic mass is 32.2. The van der Waals surface area contributed by atoms with Crippen LogP contribution < -0.4 is 0 Å². The fraction of sp³-hybridized carbons (Fsp3) is 0.350. The summed E-state index contributed by atoms with van der Waals surface area (Å²) < 4.78 is 78.0. The number of ether oxygens (including phenoxy) is 1. The largest absolute Gasteiger partial charge is 0.460 e. The lowest BCUT2D eigenvalue weighted by Gasteiger charge is -2.25. The summed E-state index contributed by atoms with van der Waals surface area (Å²) in [5.41, 5.74) is -0.632. The molecule has 0 amide bonds. The van der Waals surface area contributed by atoms with Crippen LogP contribution in [0.5, 0.6) is 0 Å². The third kappa shape index (κ3) is 3.82. The number of halogens is 3. The molecule has 1 aliphatic heterocycles. The van der Waals surface area contributed by atoms with Crippen molar-refractivity contribution < 1.29 is 30.7 Å². The lowest BCUT2D eigenvalue weighted by Crippen LogP contribution is -2.40. The van der Waals surface area contributed by atoms with Gasteiger partial charge in [-0.15, -0.1) is 0 Å². The minimum atomic E-state index is -4.60. The minimum absolute atomic E-state index is 0.0122. The van der Waals surface area contributed by atoms with E-state index >= 15 is 0 Å². The first-order chi connectivity index (χ1) is 14.2. The van der Waals surface area contributed by atoms with Gasteiger partial charge in [-0.3, -0.25) is 4.98 Å². The Balaban J connectivity index is 1.74. The summed E-state index contributed by atoms with van der Waals surface area (Å²) in [4.78, 5) is 4.12. The number of fused-ring (bicyclic) bond motifs is 1. The van der Waals surface area contributed by atoms with Crippen LogP contribution in [0.25, 0.3) is 22.2 Å². The quantitative estimate of drug-likeness (QED) is 0.611. The molecule has 160 valence electrons. The number of sulfonamides is 1. The van der Waals surface area contributed by atoms with Crippen molar-refractivity contribution in [3.63, 3.8) is 0 Å². The number of hydrogen-bond acceptors (Lipinski definition) is 5. The average Bonchev–Trinajstić information content (AvgIpc) is 3.16. The Morgan fingerprint density at radius 2 is 1.87 bits per heavy atom. The molecule has 1 aromatic carbocycles. The molecule has 0 unspecified atom stereocenters. The van der Waals surface area contributed by atoms with Gasteiger partial charge in [0.1, 0.15) is 16.2 Å². The first-order valence-corrected chi connectivity index (χ1v) is 10.8. The Bertz CT molecular complexity index is 1170. The standard InChI is InChI=1S/C20H19F3N2O4S/c1-2-15-10-14-9-13(11-17(19(14)29-15)20(21,22)23)18-4-3-16(12-24-18)30(26,27)25-5-7-28-8-6-25/h3-4,9-12H,2,5-8H2,1H3. The van der Waals surface area contributed by atoms with Crippen LogP contribution in [0.1, 0.15) is 18.2 Å². The third-order valence-electron chi connectivity index (χ3n) is 4.96. The Morgan fingerprint density at radius 3 is 2.47 bits per heavy atom. The van der Waals surface area contributed by atoms with Gasteiger partial charge >= 0.3 is 6.18 Å². The number of aryl methyl sites for hydroxylation is 1. The van der Waals surface area contributed by atoms with Crippen LogP contribution in [0.4, 0.5) is 13.2 Å². The van der Waals surface area contributed by atoms with Crippen LogP contribution in [0, 0.1) is 0 Å². The van der Waals surface area contributed by atoms with Gasteiger partial charge in [0, 0.05) is 36.7 Å². The van der Waals surface area contributed by atoms with Crippen LogP contribution in [-0.4, -0.2) is 44.0 Å². The molecule has 4 rings (SSSR count). The first-order valence-electron chi connectivity index (χ1n) is 9.38. The van der Waals surface area contributed by atoms with E-state index in [-0.39, 0.29) is 34.8 Å². The van der Waals surface area contributed by atoms with Crippen molar-refractivity contribution in [2.45, 2.75) is 24.4 Å². The Labute approximate surface area is 171 Å². The van der Waals surface area contributed by atoms with Gasteiger partial charge in [-0.05, 0) is 30.3 Å². The van der Waals surface area contributed by atoms with E-state index in [2.05, 4.69) is 4.98 Å². The highest BCUT2D eigenvalue weighted by Crippen LogP contribution is 2.39. The third-order valence-corrected chi connectivity index (χ3v) is 6.84. The van der Waals surface area contributed by atoms with Crippen molar-refractivity contribution in [3.8, 4) is 11.3 Å². The van der Waals surface area contributed by atoms with E-state index in [1.54, 1.807) is 19.1 Å². The summed E-state index contributed by atoms with van der Waals surface area (Å²) >= 11 is 0. The van der Waals surface area contributed by atoms with Crippen LogP contribution in [0.3, 0.4) is 0 Å². The number of morpholine rings is 1. The molecule has 30 heavy (non-hydrogen) atoms. The molecule has 1 saturated heterocycles. The lowest BCUT2D eigenvalue weighted by atomic mass is 10.0. The first kappa shape index (κ1) is 20.8. The van der Waals surface area contributed by atoms with E-state index in [1.165, 1.54) is 22.6 Å². The van der Waals surface area contributed by atoms with Crippen LogP contribution in [0.2, 0.25) is 0 Å². The summed E-state index contributed by atoms with van der Waals surface area (Å²) in [5, 5.41) is 0.323. The number of furan rings is 1. The van der Waals surface area contributed by atoms with Gasteiger partial charge in [0.05, 0.1) is 24.5 Å². The van der Waals surface area contributed by atoms with E-state index in [0.717, 1.165) is 6.07 Å². The number of hydrogen-bond donors (Lipinski definition) is 0. The van der Waals surface area contributed by atoms with E-state index < -0.39 is 21.8 Å². The molecule has 10 heteroatoms. The highest BCUT2D eigenvalue weighted by Gasteiger charge is 2.35. The summed E-state index contributed by atoms with van der Waals surface area (Å²) in [6.45, 7) is 2.91. The van der Waals surface area contributed by atoms with Crippen molar-refractivity contribution in [2.75, 3.05) is 26.3 Å². The van der Waals surface area contributed by atoms with Gasteiger partial charge in [-0.1, -0.05) is 6.92 Å². The summed E-state index contributed by atoms with van der Waals surface area (Å²) in [6, 6.07) is 6.88. The zero-order valence-corrected chi connectivity index (χ0v) is 16.9. The number of alkyl halides is 3. The van der Waals surface area contributed by atoms with Crippen molar-refractivity contribution in [2.24, 2.45) is 0 Å². The molecule has 0 spiro atoms. The Hall–Kier alpha value is -2.43. The number of nitrogens with zero attached hydrogens (tertiary/aromatic N) is 2. The fourth-order valence-electron chi connectivity index (χ4n) is 3.38. The molecule has 0 aliphatic carbocycles. The molecular weight excluding hydrogens is 421 g/mol. The highest BCUT2D eigenvalue weighted by molar-refractivity contribution is 7.89. The fourth-order valence-corrected chi connectivity index (χ4v) is 4.73. The average molecular weight is 440 g/mol. The molecule has 0 radical (unpaired) electrons. The molecule has 2 aromatic heterocycles. The van der Waals surface area contributed by atoms with Gasteiger partial charge in [0.25, 0.3) is 0 Å². The number of benzene rings is 1. The Morgan fingerprint density at radius 1 is 1.13 bits per heavy atom. The SMILES string of the molecule is CCc1cc2cc(-c3ccc(S(=O)(=O)N4CCOCC4)cn3)cc(C(F)(F)F)c2o1. The molecule has 0 N–H and O–H groups in total. The zero-order chi connectivity index (χ0) is 21.5. The molecule has 0 bridgehead atoms. The molecule has 1 fully saturated rings. The number of rotatable bonds is 4. The van der Waals surface area contributed by atoms with Gasteiger partial charge in [-0.25, -0.2) is 8.42 Å². The van der Waals surface area contributed by atoms with Crippen molar-refractivity contribution >= 4 is 21.0 Å². The predicted molar refractivity (Wildman–Crippen MR) is 103 cm³/mol. The van der Waals surface area contributed by atoms with Crippen LogP contribution >= 0.6 is 0 Å². The maximum absolute atomic E-state index is 13.6. The monoisotopic (exact) mass is 440 g/mol. The van der Waals surface area contributed by atoms with Gasteiger partial charge in [-0.2, -0.15) is 17.5 Å². The van der Waals surface area contributed by atoms with E-state index in [4.69, 9.17) is 9.15 Å². The van der Waals surface area contributed by atoms with E-state index in [1.807, 2.05) is 0 Å². The second-order valence-electron chi connectivity index (χ2n) is 6.90. The molecular formula is C20H19F3N2O4S. The summed E-state index contributed by atoms with van der Waals surface area (Å²) in [6.07, 6.45) is -2.96. The minimum Gasteiger partial charge on any atom is -0.460 e. The van der Waals surface area contributed by atoms with Crippen molar-refractivity contribution in [1.82, 2.24) is 9.29 Å². The number of aromatic nitrogens is 1. The van der Waals surface area contributed by atoms with E-state index in [9.17, 15) is 21.6 Å². The number of pyridine rings is 1. The normalized spacial score (nSPS) is 16.3. The van der Waals surface area contributed by atoms with E-state index in [0.29, 0.717) is 30.8 Å². The summed E-state index contributed by atoms with van der Waals surface area (Å²) in [7, 11) is -3.73. The smallest absolute Gasteiger partial charge is 0.420 e. The molecule has 3 aromatic rings. The Kier molecular flexibility index (Phi) is 5.33. The summed E-state index contributed by atoms with van der Waals surface area (Å²) in [5.74, 6) is 0.451. The zero-order valence-electron chi connectivity index (χ0n) is 16.1. The van der Waals surface area contributed by atoms with Crippen LogP contribution in [0.15, 0.2) is 45.8 Å². The van der Waals surface area contributed by atoms with Gasteiger partial charge in [0.15, 0.2) is 0 Å². The second-order valence-corrected chi connectivity index (χ2v) is 8.84. The van der Waals surface area contributed by atoms with Crippen molar-refractivity contribution in [1.29, 1.82) is 0 Å². The van der Waals surface area contributed by atoms with Crippen LogP contribution in [-0.2, 0) is 27.4 Å².